The molecule has 0 aliphatic heterocycles. The summed E-state index contributed by atoms with van der Waals surface area (Å²) in [5.41, 5.74) is 1.53. The van der Waals surface area contributed by atoms with E-state index in [4.69, 9.17) is 27.6 Å². The molecule has 1 heterocycles. The first-order valence-corrected chi connectivity index (χ1v) is 7.37. The van der Waals surface area contributed by atoms with Crippen molar-refractivity contribution in [3.05, 3.63) is 69.4 Å². The maximum Gasteiger partial charge on any atom is 0.196 e. The van der Waals surface area contributed by atoms with E-state index in [9.17, 15) is 4.79 Å². The van der Waals surface area contributed by atoms with E-state index in [2.05, 4.69) is 0 Å². The summed E-state index contributed by atoms with van der Waals surface area (Å²) in [5.74, 6) is 0.687. The lowest BCUT2D eigenvalue weighted by Crippen LogP contribution is -2.02. The smallest absolute Gasteiger partial charge is 0.196 e. The van der Waals surface area contributed by atoms with Crippen LogP contribution >= 0.6 is 23.2 Å². The third kappa shape index (κ3) is 2.57. The fourth-order valence-electron chi connectivity index (χ4n) is 2.26. The van der Waals surface area contributed by atoms with Crippen LogP contribution < -0.4 is 0 Å². The Morgan fingerprint density at radius 3 is 2.48 bits per heavy atom. The van der Waals surface area contributed by atoms with Gasteiger partial charge in [-0.1, -0.05) is 48.3 Å². The maximum absolute atomic E-state index is 12.6. The quantitative estimate of drug-likeness (QED) is 0.594. The molecule has 0 unspecified atom stereocenters. The Morgan fingerprint density at radius 2 is 1.81 bits per heavy atom. The molecule has 3 aromatic rings. The van der Waals surface area contributed by atoms with Crippen LogP contribution in [0.5, 0.6) is 0 Å². The van der Waals surface area contributed by atoms with Gasteiger partial charge in [-0.3, -0.25) is 4.79 Å². The highest BCUT2D eigenvalue weighted by Crippen LogP contribution is 2.28. The van der Waals surface area contributed by atoms with Gasteiger partial charge in [-0.25, -0.2) is 0 Å². The molecule has 0 saturated carbocycles. The van der Waals surface area contributed by atoms with Crippen LogP contribution in [0.3, 0.4) is 0 Å². The van der Waals surface area contributed by atoms with E-state index < -0.39 is 0 Å². The van der Waals surface area contributed by atoms with Gasteiger partial charge in [-0.15, -0.1) is 0 Å². The molecule has 0 radical (unpaired) electrons. The normalized spacial score (nSPS) is 11.0. The molecule has 0 atom stereocenters. The summed E-state index contributed by atoms with van der Waals surface area (Å²) < 4.78 is 5.69. The van der Waals surface area contributed by atoms with Gasteiger partial charge in [0, 0.05) is 17.4 Å². The van der Waals surface area contributed by atoms with Gasteiger partial charge in [0.1, 0.15) is 11.3 Å². The van der Waals surface area contributed by atoms with Gasteiger partial charge in [0.25, 0.3) is 0 Å². The van der Waals surface area contributed by atoms with Crippen molar-refractivity contribution in [3.63, 3.8) is 0 Å². The molecular weight excluding hydrogens is 307 g/mol. The SMILES string of the molecule is CCc1cc2ccc(C(=O)c3c(Cl)cccc3Cl)cc2o1. The third-order valence-corrected chi connectivity index (χ3v) is 4.00. The molecule has 0 N–H and O–H groups in total. The minimum atomic E-state index is -0.207. The molecule has 0 fully saturated rings. The summed E-state index contributed by atoms with van der Waals surface area (Å²) in [6.07, 6.45) is 0.814. The largest absolute Gasteiger partial charge is 0.461 e. The number of hydrogen-bond acceptors (Lipinski definition) is 2. The average Bonchev–Trinajstić information content (AvgIpc) is 2.89. The van der Waals surface area contributed by atoms with Crippen molar-refractivity contribution in [2.24, 2.45) is 0 Å². The predicted octanol–water partition coefficient (Wildman–Crippen LogP) is 5.53. The van der Waals surface area contributed by atoms with Gasteiger partial charge < -0.3 is 4.42 Å². The molecule has 4 heteroatoms. The second kappa shape index (κ2) is 5.55. The van der Waals surface area contributed by atoms with Gasteiger partial charge in [-0.05, 0) is 24.3 Å². The van der Waals surface area contributed by atoms with E-state index in [1.54, 1.807) is 30.3 Å². The summed E-state index contributed by atoms with van der Waals surface area (Å²) in [6.45, 7) is 2.02. The van der Waals surface area contributed by atoms with E-state index in [-0.39, 0.29) is 5.78 Å². The second-order valence-electron chi connectivity index (χ2n) is 4.74. The molecule has 0 spiro atoms. The molecule has 0 bridgehead atoms. The minimum absolute atomic E-state index is 0.207. The number of rotatable bonds is 3. The van der Waals surface area contributed by atoms with Crippen molar-refractivity contribution in [1.29, 1.82) is 0 Å². The molecule has 3 rings (SSSR count). The number of carbonyl (C=O) groups excluding carboxylic acids is 1. The summed E-state index contributed by atoms with van der Waals surface area (Å²) in [4.78, 5) is 12.6. The Balaban J connectivity index is 2.09. The van der Waals surface area contributed by atoms with Crippen molar-refractivity contribution in [2.45, 2.75) is 13.3 Å². The van der Waals surface area contributed by atoms with E-state index >= 15 is 0 Å². The summed E-state index contributed by atoms with van der Waals surface area (Å²) in [6, 6.07) is 12.4. The van der Waals surface area contributed by atoms with E-state index in [0.29, 0.717) is 26.8 Å². The summed E-state index contributed by atoms with van der Waals surface area (Å²) in [7, 11) is 0. The molecule has 2 aromatic carbocycles. The standard InChI is InChI=1S/C17H12Cl2O2/c1-2-12-8-10-6-7-11(9-15(10)21-12)17(20)16-13(18)4-3-5-14(16)19/h3-9H,2H2,1H3. The fourth-order valence-corrected chi connectivity index (χ4v) is 2.83. The van der Waals surface area contributed by atoms with Gasteiger partial charge in [-0.2, -0.15) is 0 Å². The Bertz CT molecular complexity index is 814. The van der Waals surface area contributed by atoms with Gasteiger partial charge in [0.2, 0.25) is 0 Å². The lowest BCUT2D eigenvalue weighted by molar-refractivity contribution is 0.103. The number of halogens is 2. The first kappa shape index (κ1) is 14.2. The Hall–Kier alpha value is -1.77. The topological polar surface area (TPSA) is 30.2 Å². The zero-order chi connectivity index (χ0) is 15.0. The molecule has 1 aromatic heterocycles. The third-order valence-electron chi connectivity index (χ3n) is 3.37. The number of hydrogen-bond donors (Lipinski definition) is 0. The van der Waals surface area contributed by atoms with Crippen molar-refractivity contribution in [1.82, 2.24) is 0 Å². The van der Waals surface area contributed by atoms with Gasteiger partial charge in [0.05, 0.1) is 15.6 Å². The lowest BCUT2D eigenvalue weighted by Gasteiger charge is -2.05. The molecule has 0 aliphatic rings. The maximum atomic E-state index is 12.6. The van der Waals surface area contributed by atoms with Crippen LogP contribution in [0.1, 0.15) is 28.6 Å². The Labute approximate surface area is 132 Å². The number of aryl methyl sites for hydroxylation is 1. The highest BCUT2D eigenvalue weighted by atomic mass is 35.5. The van der Waals surface area contributed by atoms with Crippen LogP contribution in [0.15, 0.2) is 46.9 Å². The van der Waals surface area contributed by atoms with Crippen LogP contribution in [0, 0.1) is 0 Å². The molecular formula is C17H12Cl2O2. The van der Waals surface area contributed by atoms with Crippen molar-refractivity contribution < 1.29 is 9.21 Å². The first-order chi connectivity index (χ1) is 10.1. The highest BCUT2D eigenvalue weighted by Gasteiger charge is 2.17. The first-order valence-electron chi connectivity index (χ1n) is 6.61. The van der Waals surface area contributed by atoms with Crippen molar-refractivity contribution in [3.8, 4) is 0 Å². The molecule has 106 valence electrons. The van der Waals surface area contributed by atoms with Crippen LogP contribution in [0.25, 0.3) is 11.0 Å². The number of ketones is 1. The van der Waals surface area contributed by atoms with Crippen LogP contribution in [-0.2, 0) is 6.42 Å². The molecule has 2 nitrogen and oxygen atoms in total. The number of furan rings is 1. The zero-order valence-corrected chi connectivity index (χ0v) is 12.8. The lowest BCUT2D eigenvalue weighted by atomic mass is 10.0. The number of carbonyl (C=O) groups is 1. The minimum Gasteiger partial charge on any atom is -0.461 e. The van der Waals surface area contributed by atoms with Gasteiger partial charge >= 0.3 is 0 Å². The monoisotopic (exact) mass is 318 g/mol. The van der Waals surface area contributed by atoms with E-state index in [0.717, 1.165) is 17.6 Å². The summed E-state index contributed by atoms with van der Waals surface area (Å²) >= 11 is 12.2. The van der Waals surface area contributed by atoms with Crippen LogP contribution in [0.2, 0.25) is 10.0 Å². The van der Waals surface area contributed by atoms with Crippen LogP contribution in [-0.4, -0.2) is 5.78 Å². The molecule has 0 amide bonds. The van der Waals surface area contributed by atoms with Gasteiger partial charge in [0.15, 0.2) is 5.78 Å². The van der Waals surface area contributed by atoms with Crippen LogP contribution in [0.4, 0.5) is 0 Å². The average molecular weight is 319 g/mol. The molecule has 21 heavy (non-hydrogen) atoms. The molecule has 0 saturated heterocycles. The highest BCUT2D eigenvalue weighted by molar-refractivity contribution is 6.41. The fraction of sp³-hybridized carbons (Fsp3) is 0.118. The van der Waals surface area contributed by atoms with E-state index in [1.807, 2.05) is 19.1 Å². The summed E-state index contributed by atoms with van der Waals surface area (Å²) in [5, 5.41) is 1.68. The Kier molecular flexibility index (Phi) is 3.75. The van der Waals surface area contributed by atoms with Crippen molar-refractivity contribution in [2.75, 3.05) is 0 Å². The zero-order valence-electron chi connectivity index (χ0n) is 11.3. The number of benzene rings is 2. The Morgan fingerprint density at radius 1 is 1.10 bits per heavy atom. The van der Waals surface area contributed by atoms with Crippen molar-refractivity contribution >= 4 is 40.0 Å². The second-order valence-corrected chi connectivity index (χ2v) is 5.56. The number of fused-ring (bicyclic) bond motifs is 1. The van der Waals surface area contributed by atoms with E-state index in [1.165, 1.54) is 0 Å². The molecule has 0 aliphatic carbocycles. The predicted molar refractivity (Wildman–Crippen MR) is 85.5 cm³/mol.